The molecule has 1 atom stereocenters. The summed E-state index contributed by atoms with van der Waals surface area (Å²) < 4.78 is 2.41. The first-order valence-corrected chi connectivity index (χ1v) is 3.27. The number of carbonyl (C=O) groups is 1. The van der Waals surface area contributed by atoms with Gasteiger partial charge in [0.05, 0.1) is 0 Å². The fraction of sp³-hybridized carbons (Fsp3) is 0.750. The molecular weight excluding hydrogens is 142 g/mol. The van der Waals surface area contributed by atoms with Gasteiger partial charge in [-0.3, -0.25) is 4.79 Å². The number of nitroso groups, excluding NO2 is 1. The van der Waals surface area contributed by atoms with Gasteiger partial charge in [-0.1, -0.05) is 6.92 Å². The van der Waals surface area contributed by atoms with Crippen LogP contribution in [-0.4, -0.2) is 16.3 Å². The van der Waals surface area contributed by atoms with Gasteiger partial charge in [0, 0.05) is 16.5 Å². The Morgan fingerprint density at radius 2 is 2.44 bits per heavy atom. The lowest BCUT2D eigenvalue weighted by Gasteiger charge is -1.99. The summed E-state index contributed by atoms with van der Waals surface area (Å²) in [7, 11) is 0. The Balaban J connectivity index is 3.67. The second kappa shape index (κ2) is 4.31. The average Bonchev–Trinajstić information content (AvgIpc) is 1.82. The molecule has 0 aromatic rings. The van der Waals surface area contributed by atoms with Crippen LogP contribution in [0.15, 0.2) is 4.58 Å². The van der Waals surface area contributed by atoms with E-state index in [4.69, 9.17) is 5.11 Å². The summed E-state index contributed by atoms with van der Waals surface area (Å²) in [5, 5.41) is 7.61. The fourth-order valence-corrected chi connectivity index (χ4v) is 0.689. The summed E-state index contributed by atoms with van der Waals surface area (Å²) in [6.07, 6.45) is 0.422. The predicted octanol–water partition coefficient (Wildman–Crippen LogP) is 1.26. The summed E-state index contributed by atoms with van der Waals surface area (Å²) >= 11 is 0.554. The monoisotopic (exact) mass is 149 g/mol. The molecule has 0 aromatic heterocycles. The minimum absolute atomic E-state index is 0.422. The van der Waals surface area contributed by atoms with Crippen molar-refractivity contribution in [3.05, 3.63) is 4.91 Å². The van der Waals surface area contributed by atoms with Gasteiger partial charge in [-0.05, 0) is 6.42 Å². The number of hydrogen-bond acceptors (Lipinski definition) is 4. The molecule has 0 saturated carbocycles. The van der Waals surface area contributed by atoms with Crippen LogP contribution in [-0.2, 0) is 4.79 Å². The highest BCUT2D eigenvalue weighted by atomic mass is 32.2. The standard InChI is InChI=1S/C4H7NO3S/c1-2-3(4(6)7)9-5-8/h3H,2H2,1H3,(H,6,7). The van der Waals surface area contributed by atoms with E-state index in [0.29, 0.717) is 18.4 Å². The predicted molar refractivity (Wildman–Crippen MR) is 35.1 cm³/mol. The molecule has 5 heteroatoms. The molecule has 0 aliphatic rings. The van der Waals surface area contributed by atoms with Crippen LogP contribution in [0.3, 0.4) is 0 Å². The zero-order valence-electron chi connectivity index (χ0n) is 4.90. The summed E-state index contributed by atoms with van der Waals surface area (Å²) in [5.41, 5.74) is 0. The van der Waals surface area contributed by atoms with Crippen LogP contribution in [0.5, 0.6) is 0 Å². The molecule has 0 radical (unpaired) electrons. The quantitative estimate of drug-likeness (QED) is 0.482. The molecule has 52 valence electrons. The molecule has 0 aromatic carbocycles. The van der Waals surface area contributed by atoms with E-state index in [1.54, 1.807) is 6.92 Å². The van der Waals surface area contributed by atoms with E-state index in [9.17, 15) is 9.70 Å². The van der Waals surface area contributed by atoms with Crippen molar-refractivity contribution < 1.29 is 9.90 Å². The zero-order valence-corrected chi connectivity index (χ0v) is 5.72. The van der Waals surface area contributed by atoms with E-state index in [-0.39, 0.29) is 0 Å². The zero-order chi connectivity index (χ0) is 7.28. The van der Waals surface area contributed by atoms with Crippen molar-refractivity contribution >= 4 is 17.9 Å². The normalized spacial score (nSPS) is 12.6. The summed E-state index contributed by atoms with van der Waals surface area (Å²) in [5.74, 6) is -0.984. The largest absolute Gasteiger partial charge is 0.480 e. The molecule has 0 rings (SSSR count). The first kappa shape index (κ1) is 8.42. The summed E-state index contributed by atoms with van der Waals surface area (Å²) in [6, 6.07) is 0. The van der Waals surface area contributed by atoms with Crippen molar-refractivity contribution in [3.63, 3.8) is 0 Å². The van der Waals surface area contributed by atoms with Crippen LogP contribution in [0.4, 0.5) is 0 Å². The van der Waals surface area contributed by atoms with Crippen molar-refractivity contribution in [1.29, 1.82) is 0 Å². The van der Waals surface area contributed by atoms with Crippen molar-refractivity contribution in [2.24, 2.45) is 4.58 Å². The summed E-state index contributed by atoms with van der Waals surface area (Å²) in [6.45, 7) is 1.69. The van der Waals surface area contributed by atoms with Crippen LogP contribution in [0.25, 0.3) is 0 Å². The maximum Gasteiger partial charge on any atom is 0.318 e. The van der Waals surface area contributed by atoms with Gasteiger partial charge in [-0.15, -0.1) is 4.91 Å². The Hall–Kier alpha value is -0.580. The SMILES string of the molecule is CCC(SN=O)C(=O)O. The second-order valence-electron chi connectivity index (χ2n) is 1.42. The first-order chi connectivity index (χ1) is 4.22. The molecule has 9 heavy (non-hydrogen) atoms. The highest BCUT2D eigenvalue weighted by molar-refractivity contribution is 7.99. The van der Waals surface area contributed by atoms with Crippen LogP contribution in [0, 0.1) is 4.91 Å². The highest BCUT2D eigenvalue weighted by Gasteiger charge is 2.15. The van der Waals surface area contributed by atoms with E-state index >= 15 is 0 Å². The van der Waals surface area contributed by atoms with Crippen LogP contribution < -0.4 is 0 Å². The Morgan fingerprint density at radius 1 is 1.89 bits per heavy atom. The number of carboxylic acid groups (broad SMARTS) is 1. The average molecular weight is 149 g/mol. The first-order valence-electron chi connectivity index (χ1n) is 2.43. The number of nitrogens with zero attached hydrogens (tertiary/aromatic N) is 1. The van der Waals surface area contributed by atoms with Crippen LogP contribution >= 0.6 is 11.9 Å². The fourth-order valence-electron chi connectivity index (χ4n) is 0.346. The minimum Gasteiger partial charge on any atom is -0.480 e. The molecule has 0 fully saturated rings. The third kappa shape index (κ3) is 3.07. The Bertz CT molecular complexity index is 116. The number of hydrogen-bond donors (Lipinski definition) is 1. The second-order valence-corrected chi connectivity index (χ2v) is 2.34. The lowest BCUT2D eigenvalue weighted by Crippen LogP contribution is -2.13. The molecule has 4 nitrogen and oxygen atoms in total. The Kier molecular flexibility index (Phi) is 4.04. The Labute approximate surface area is 56.7 Å². The van der Waals surface area contributed by atoms with Crippen molar-refractivity contribution in [2.75, 3.05) is 0 Å². The third-order valence-electron chi connectivity index (χ3n) is 0.817. The third-order valence-corrected chi connectivity index (χ3v) is 1.69. The topological polar surface area (TPSA) is 66.7 Å². The van der Waals surface area contributed by atoms with Crippen molar-refractivity contribution in [1.82, 2.24) is 0 Å². The molecule has 0 aliphatic heterocycles. The minimum atomic E-state index is -0.984. The lowest BCUT2D eigenvalue weighted by molar-refractivity contribution is -0.136. The molecule has 0 saturated heterocycles. The Morgan fingerprint density at radius 3 is 2.56 bits per heavy atom. The molecule has 0 spiro atoms. The van der Waals surface area contributed by atoms with Gasteiger partial charge >= 0.3 is 5.97 Å². The molecule has 1 unspecified atom stereocenters. The summed E-state index contributed by atoms with van der Waals surface area (Å²) in [4.78, 5) is 19.6. The van der Waals surface area contributed by atoms with Gasteiger partial charge in [0.1, 0.15) is 5.25 Å². The molecule has 1 N–H and O–H groups in total. The maximum atomic E-state index is 10.1. The van der Waals surface area contributed by atoms with E-state index in [1.807, 2.05) is 0 Å². The number of rotatable bonds is 4. The van der Waals surface area contributed by atoms with Gasteiger partial charge in [0.15, 0.2) is 0 Å². The molecule has 0 bridgehead atoms. The molecule has 0 amide bonds. The van der Waals surface area contributed by atoms with E-state index in [1.165, 1.54) is 0 Å². The van der Waals surface area contributed by atoms with Gasteiger partial charge in [0.25, 0.3) is 0 Å². The van der Waals surface area contributed by atoms with Crippen LogP contribution in [0.2, 0.25) is 0 Å². The smallest absolute Gasteiger partial charge is 0.318 e. The van der Waals surface area contributed by atoms with E-state index in [0.717, 1.165) is 0 Å². The van der Waals surface area contributed by atoms with Gasteiger partial charge in [-0.2, -0.15) is 0 Å². The van der Waals surface area contributed by atoms with Gasteiger partial charge in [-0.25, -0.2) is 0 Å². The molecule has 0 aliphatic carbocycles. The number of aliphatic carboxylic acids is 1. The lowest BCUT2D eigenvalue weighted by atomic mass is 10.3. The van der Waals surface area contributed by atoms with Gasteiger partial charge in [0.2, 0.25) is 0 Å². The van der Waals surface area contributed by atoms with E-state index in [2.05, 4.69) is 4.58 Å². The molecule has 0 heterocycles. The van der Waals surface area contributed by atoms with Crippen LogP contribution in [0.1, 0.15) is 13.3 Å². The van der Waals surface area contributed by atoms with Gasteiger partial charge < -0.3 is 5.11 Å². The van der Waals surface area contributed by atoms with E-state index < -0.39 is 11.2 Å². The highest BCUT2D eigenvalue weighted by Crippen LogP contribution is 2.14. The van der Waals surface area contributed by atoms with Crippen molar-refractivity contribution in [3.8, 4) is 0 Å². The van der Waals surface area contributed by atoms with Crippen molar-refractivity contribution in [2.45, 2.75) is 18.6 Å². The number of carboxylic acids is 1. The maximum absolute atomic E-state index is 10.1. The molecular formula is C4H7NO3S.